The summed E-state index contributed by atoms with van der Waals surface area (Å²) in [5.41, 5.74) is 0. The molecule has 7 heteroatoms. The largest absolute Gasteiger partial charge is 0.481 e. The number of carbonyl (C=O) groups is 3. The minimum absolute atomic E-state index is 0.0235. The number of hydrogen-bond acceptors (Lipinski definition) is 4. The van der Waals surface area contributed by atoms with Crippen molar-refractivity contribution in [1.29, 1.82) is 0 Å². The zero-order chi connectivity index (χ0) is 12.6. The zero-order valence-corrected chi connectivity index (χ0v) is 9.93. The van der Waals surface area contributed by atoms with E-state index >= 15 is 0 Å². The van der Waals surface area contributed by atoms with Gasteiger partial charge in [-0.05, 0) is 6.42 Å². The summed E-state index contributed by atoms with van der Waals surface area (Å²) in [5.74, 6) is -2.96. The number of carboxylic acids is 2. The summed E-state index contributed by atoms with van der Waals surface area (Å²) in [7, 11) is 0.432. The van der Waals surface area contributed by atoms with E-state index in [1.54, 1.807) is 0 Å². The van der Waals surface area contributed by atoms with Crippen LogP contribution in [0.5, 0.6) is 0 Å². The van der Waals surface area contributed by atoms with E-state index in [9.17, 15) is 14.4 Å². The second-order valence-electron chi connectivity index (χ2n) is 3.31. The van der Waals surface area contributed by atoms with Crippen LogP contribution in [0.3, 0.4) is 0 Å². The molecule has 0 aromatic carbocycles. The van der Waals surface area contributed by atoms with Crippen LogP contribution in [0.2, 0.25) is 0 Å². The van der Waals surface area contributed by atoms with Gasteiger partial charge < -0.3 is 14.7 Å². The fraction of sp³-hybridized carbons (Fsp3) is 0.667. The number of carboxylic acid groups (broad SMARTS) is 2. The van der Waals surface area contributed by atoms with Crippen molar-refractivity contribution in [3.8, 4) is 0 Å². The van der Waals surface area contributed by atoms with Gasteiger partial charge in [-0.25, -0.2) is 0 Å². The van der Waals surface area contributed by atoms with Crippen molar-refractivity contribution < 1.29 is 29.1 Å². The highest BCUT2D eigenvalue weighted by atomic mass is 31.1. The lowest BCUT2D eigenvalue weighted by Crippen LogP contribution is -2.13. The molecule has 1 aliphatic rings. The molecule has 6 nitrogen and oxygen atoms in total. The quantitative estimate of drug-likeness (QED) is 0.727. The van der Waals surface area contributed by atoms with Gasteiger partial charge in [-0.1, -0.05) is 6.92 Å². The molecule has 0 bridgehead atoms. The summed E-state index contributed by atoms with van der Waals surface area (Å²) in [6, 6.07) is 0. The summed E-state index contributed by atoms with van der Waals surface area (Å²) >= 11 is 0. The average molecular weight is 250 g/mol. The lowest BCUT2D eigenvalue weighted by molar-refractivity contribution is -0.147. The van der Waals surface area contributed by atoms with Crippen LogP contribution < -0.4 is 0 Å². The molecule has 1 heterocycles. The van der Waals surface area contributed by atoms with Crippen LogP contribution >= 0.6 is 8.81 Å². The van der Waals surface area contributed by atoms with E-state index in [4.69, 9.17) is 10.2 Å². The molecule has 0 aliphatic carbocycles. The summed E-state index contributed by atoms with van der Waals surface area (Å²) < 4.78 is 4.67. The van der Waals surface area contributed by atoms with Crippen molar-refractivity contribution in [3.05, 3.63) is 0 Å². The SMILES string of the molecule is CC(CC(=O)O)C(=O)O.O=C1CCCPO1. The number of rotatable bonds is 3. The molecule has 0 aromatic heterocycles. The molecule has 2 N–H and O–H groups in total. The van der Waals surface area contributed by atoms with Gasteiger partial charge in [0.25, 0.3) is 0 Å². The first-order chi connectivity index (χ1) is 7.43. The Morgan fingerprint density at radius 3 is 2.31 bits per heavy atom. The third kappa shape index (κ3) is 8.17. The van der Waals surface area contributed by atoms with Gasteiger partial charge in [-0.2, -0.15) is 0 Å². The minimum atomic E-state index is -1.08. The van der Waals surface area contributed by atoms with E-state index in [1.165, 1.54) is 6.92 Å². The van der Waals surface area contributed by atoms with E-state index in [2.05, 4.69) is 4.52 Å². The van der Waals surface area contributed by atoms with Gasteiger partial charge in [0.15, 0.2) is 0 Å². The highest BCUT2D eigenvalue weighted by Crippen LogP contribution is 2.20. The van der Waals surface area contributed by atoms with Crippen LogP contribution in [0.15, 0.2) is 0 Å². The lowest BCUT2D eigenvalue weighted by atomic mass is 10.1. The van der Waals surface area contributed by atoms with Gasteiger partial charge in [-0.15, -0.1) is 0 Å². The lowest BCUT2D eigenvalue weighted by Gasteiger charge is -2.07. The molecule has 2 unspecified atom stereocenters. The van der Waals surface area contributed by atoms with Crippen LogP contribution in [0.4, 0.5) is 0 Å². The van der Waals surface area contributed by atoms with Crippen LogP contribution in [0.25, 0.3) is 0 Å². The third-order valence-corrected chi connectivity index (χ3v) is 2.68. The van der Waals surface area contributed by atoms with E-state index in [1.807, 2.05) is 0 Å². The molecule has 1 fully saturated rings. The van der Waals surface area contributed by atoms with Gasteiger partial charge in [-0.3, -0.25) is 14.4 Å². The van der Waals surface area contributed by atoms with Gasteiger partial charge in [0.2, 0.25) is 0 Å². The molecule has 16 heavy (non-hydrogen) atoms. The molecule has 0 saturated carbocycles. The standard InChI is InChI=1S/C5H8O4.C4H7O2P/c1-3(5(8)9)2-4(6)7;5-4-2-1-3-7-6-4/h3H,2H2,1H3,(H,6,7)(H,8,9);7H,1-3H2. The number of hydrogen-bond donors (Lipinski definition) is 2. The Labute approximate surface area is 94.8 Å². The van der Waals surface area contributed by atoms with Gasteiger partial charge >= 0.3 is 17.9 Å². The van der Waals surface area contributed by atoms with Crippen LogP contribution in [-0.2, 0) is 18.9 Å². The Morgan fingerprint density at radius 2 is 2.12 bits per heavy atom. The Balaban J connectivity index is 0.000000288. The molecule has 1 saturated heterocycles. The van der Waals surface area contributed by atoms with Crippen molar-refractivity contribution in [2.75, 3.05) is 6.16 Å². The van der Waals surface area contributed by atoms with Crippen molar-refractivity contribution in [2.24, 2.45) is 5.92 Å². The molecule has 0 aromatic rings. The fourth-order valence-corrected chi connectivity index (χ4v) is 1.52. The first kappa shape index (κ1) is 14.8. The number of carbonyl (C=O) groups excluding carboxylic acids is 1. The van der Waals surface area contributed by atoms with E-state index in [0.717, 1.165) is 12.6 Å². The molecule has 0 radical (unpaired) electrons. The summed E-state index contributed by atoms with van der Waals surface area (Å²) in [6.45, 7) is 1.36. The topological polar surface area (TPSA) is 101 Å². The Kier molecular flexibility index (Phi) is 7.46. The summed E-state index contributed by atoms with van der Waals surface area (Å²) in [4.78, 5) is 30.1. The molecule has 0 amide bonds. The molecular weight excluding hydrogens is 235 g/mol. The van der Waals surface area contributed by atoms with Gasteiger partial charge in [0, 0.05) is 12.6 Å². The Bertz CT molecular complexity index is 257. The molecule has 92 valence electrons. The highest BCUT2D eigenvalue weighted by molar-refractivity contribution is 7.33. The first-order valence-corrected chi connectivity index (χ1v) is 5.92. The van der Waals surface area contributed by atoms with Crippen molar-refractivity contribution in [2.45, 2.75) is 26.2 Å². The maximum Gasteiger partial charge on any atom is 0.308 e. The van der Waals surface area contributed by atoms with Crippen molar-refractivity contribution in [1.82, 2.24) is 0 Å². The van der Waals surface area contributed by atoms with Crippen LogP contribution in [0.1, 0.15) is 26.2 Å². The minimum Gasteiger partial charge on any atom is -0.481 e. The monoisotopic (exact) mass is 250 g/mol. The molecule has 2 atom stereocenters. The summed E-state index contributed by atoms with van der Waals surface area (Å²) in [5, 5.41) is 16.2. The Morgan fingerprint density at radius 1 is 1.50 bits per heavy atom. The zero-order valence-electron chi connectivity index (χ0n) is 8.93. The third-order valence-electron chi connectivity index (χ3n) is 1.75. The van der Waals surface area contributed by atoms with E-state index in [0.29, 0.717) is 15.2 Å². The van der Waals surface area contributed by atoms with Gasteiger partial charge in [0.05, 0.1) is 21.1 Å². The van der Waals surface area contributed by atoms with Crippen LogP contribution in [0, 0.1) is 5.92 Å². The molecule has 1 aliphatic heterocycles. The maximum absolute atomic E-state index is 10.2. The molecule has 0 spiro atoms. The predicted octanol–water partition coefficient (Wildman–Crippen LogP) is 1.10. The first-order valence-electron chi connectivity index (χ1n) is 4.80. The van der Waals surface area contributed by atoms with Gasteiger partial charge in [0.1, 0.15) is 0 Å². The summed E-state index contributed by atoms with van der Waals surface area (Å²) in [6.07, 6.45) is 2.42. The second-order valence-corrected chi connectivity index (χ2v) is 4.30. The average Bonchev–Trinajstić information content (AvgIpc) is 2.18. The highest BCUT2D eigenvalue weighted by Gasteiger charge is 2.13. The van der Waals surface area contributed by atoms with Crippen molar-refractivity contribution in [3.63, 3.8) is 0 Å². The van der Waals surface area contributed by atoms with Crippen molar-refractivity contribution >= 4 is 26.7 Å². The number of aliphatic carboxylic acids is 2. The maximum atomic E-state index is 10.2. The molecule has 1 rings (SSSR count). The second kappa shape index (κ2) is 8.05. The van der Waals surface area contributed by atoms with Crippen LogP contribution in [-0.4, -0.2) is 34.3 Å². The fourth-order valence-electron chi connectivity index (χ4n) is 0.837. The van der Waals surface area contributed by atoms with E-state index in [-0.39, 0.29) is 12.4 Å². The Hall–Kier alpha value is -1.16. The predicted molar refractivity (Wildman–Crippen MR) is 57.6 cm³/mol. The normalized spacial score (nSPS) is 17.9. The smallest absolute Gasteiger partial charge is 0.308 e. The molecular formula is C9H15O6P. The van der Waals surface area contributed by atoms with E-state index < -0.39 is 17.9 Å².